The van der Waals surface area contributed by atoms with Crippen LogP contribution in [0.5, 0.6) is 0 Å². The number of ketones is 2. The van der Waals surface area contributed by atoms with Crippen molar-refractivity contribution < 1.29 is 38.7 Å². The zero-order chi connectivity index (χ0) is 40.8. The molecule has 10 nitrogen and oxygen atoms in total. The van der Waals surface area contributed by atoms with Gasteiger partial charge in [-0.15, -0.1) is 0 Å². The summed E-state index contributed by atoms with van der Waals surface area (Å²) in [5.41, 5.74) is 0.598. The van der Waals surface area contributed by atoms with Crippen LogP contribution in [-0.2, 0) is 23.7 Å². The third kappa shape index (κ3) is 7.56. The Morgan fingerprint density at radius 3 is 2.65 bits per heavy atom. The molecule has 2 aliphatic heterocycles. The average molecular weight is 775 g/mol. The fourth-order valence-corrected chi connectivity index (χ4v) is 8.86. The molecule has 3 N–H and O–H groups in total. The molecule has 300 valence electrons. The molecule has 2 aliphatic carbocycles. The predicted octanol–water partition coefficient (Wildman–Crippen LogP) is 7.07. The predicted molar refractivity (Wildman–Crippen MR) is 218 cm³/mol. The number of ether oxygens (including phenoxy) is 4. The zero-order valence-electron chi connectivity index (χ0n) is 34.1. The molecule has 0 radical (unpaired) electrons. The molecule has 10 heteroatoms. The first-order valence-corrected chi connectivity index (χ1v) is 20.2. The lowest BCUT2D eigenvalue weighted by atomic mass is 9.70. The number of fused-ring (bicyclic) bond motifs is 5. The van der Waals surface area contributed by atoms with Gasteiger partial charge in [0.15, 0.2) is 29.7 Å². The highest BCUT2D eigenvalue weighted by Crippen LogP contribution is 2.45. The van der Waals surface area contributed by atoms with Gasteiger partial charge >= 0.3 is 0 Å². The highest BCUT2D eigenvalue weighted by molar-refractivity contribution is 6.15. The molecule has 8 unspecified atom stereocenters. The second kappa shape index (κ2) is 16.1. The van der Waals surface area contributed by atoms with Crippen LogP contribution in [0.25, 0.3) is 21.8 Å². The van der Waals surface area contributed by atoms with E-state index in [9.17, 15) is 19.8 Å². The smallest absolute Gasteiger partial charge is 0.194 e. The lowest BCUT2D eigenvalue weighted by molar-refractivity contribution is -0.339. The number of allylic oxidation sites excluding steroid dienone is 4. The Morgan fingerprint density at radius 2 is 1.91 bits per heavy atom. The van der Waals surface area contributed by atoms with Gasteiger partial charge in [0.25, 0.3) is 0 Å². The third-order valence-corrected chi connectivity index (χ3v) is 12.4. The zero-order valence-corrected chi connectivity index (χ0v) is 34.1. The second-order valence-electron chi connectivity index (χ2n) is 16.9. The Kier molecular flexibility index (Phi) is 11.5. The van der Waals surface area contributed by atoms with Gasteiger partial charge in [-0.1, -0.05) is 69.1 Å². The van der Waals surface area contributed by atoms with Gasteiger partial charge in [0.1, 0.15) is 24.0 Å². The molecule has 57 heavy (non-hydrogen) atoms. The van der Waals surface area contributed by atoms with Gasteiger partial charge in [-0.25, -0.2) is 0 Å². The maximum atomic E-state index is 15.0. The average Bonchev–Trinajstić information content (AvgIpc) is 3.54. The summed E-state index contributed by atoms with van der Waals surface area (Å²) in [6, 6.07) is 7.93. The number of nitrogens with one attached hydrogen (secondary N) is 1. The van der Waals surface area contributed by atoms with Crippen LogP contribution in [0.3, 0.4) is 0 Å². The molecule has 2 aromatic heterocycles. The summed E-state index contributed by atoms with van der Waals surface area (Å²) < 4.78 is 26.5. The number of carbonyl (C=O) groups is 2. The number of carbonyl (C=O) groups excluding carboxylic acids is 2. The quantitative estimate of drug-likeness (QED) is 0.154. The minimum Gasteiger partial charge on any atom is -0.389 e. The molecule has 10 atom stereocenters. The van der Waals surface area contributed by atoms with Crippen LogP contribution in [0.4, 0.5) is 0 Å². The van der Waals surface area contributed by atoms with E-state index in [4.69, 9.17) is 18.9 Å². The van der Waals surface area contributed by atoms with E-state index in [2.05, 4.69) is 60.5 Å². The van der Waals surface area contributed by atoms with Crippen LogP contribution in [0, 0.1) is 53.8 Å². The summed E-state index contributed by atoms with van der Waals surface area (Å²) in [6.07, 6.45) is 1.70. The number of aliphatic hydroxyl groups is 2. The molecule has 0 spiro atoms. The Bertz CT molecular complexity index is 2300. The van der Waals surface area contributed by atoms with E-state index >= 15 is 0 Å². The lowest BCUT2D eigenvalue weighted by Gasteiger charge is -2.50. The van der Waals surface area contributed by atoms with Gasteiger partial charge in [-0.2, -0.15) is 0 Å². The highest BCUT2D eigenvalue weighted by atomic mass is 16.7. The molecular weight excluding hydrogens is 721 g/mol. The van der Waals surface area contributed by atoms with E-state index < -0.39 is 53.8 Å². The van der Waals surface area contributed by atoms with Crippen molar-refractivity contribution in [3.63, 3.8) is 0 Å². The van der Waals surface area contributed by atoms with Crippen LogP contribution >= 0.6 is 0 Å². The van der Waals surface area contributed by atoms with Crippen molar-refractivity contribution in [3.05, 3.63) is 76.7 Å². The van der Waals surface area contributed by atoms with E-state index in [0.717, 1.165) is 28.3 Å². The molecule has 4 heterocycles. The van der Waals surface area contributed by atoms with E-state index in [1.54, 1.807) is 33.0 Å². The topological polar surface area (TPSA) is 140 Å². The molecule has 2 bridgehead atoms. The molecule has 0 saturated carbocycles. The van der Waals surface area contributed by atoms with Gasteiger partial charge in [0, 0.05) is 34.5 Å². The number of H-pyrrole nitrogens is 1. The van der Waals surface area contributed by atoms with Crippen LogP contribution in [-0.4, -0.2) is 81.0 Å². The number of hydrogen-bond donors (Lipinski definition) is 3. The molecule has 2 fully saturated rings. The summed E-state index contributed by atoms with van der Waals surface area (Å²) in [5, 5.41) is 26.3. The molecule has 7 rings (SSSR count). The van der Waals surface area contributed by atoms with Crippen LogP contribution in [0.2, 0.25) is 0 Å². The van der Waals surface area contributed by atoms with Gasteiger partial charge in [0.05, 0.1) is 30.1 Å². The molecule has 3 aromatic rings. The first-order chi connectivity index (χ1) is 27.2. The Morgan fingerprint density at radius 1 is 1.14 bits per heavy atom. The number of aliphatic hydroxyl groups excluding tert-OH is 1. The monoisotopic (exact) mass is 774 g/mol. The summed E-state index contributed by atoms with van der Waals surface area (Å²) >= 11 is 0. The molecule has 2 saturated heterocycles. The van der Waals surface area contributed by atoms with Crippen molar-refractivity contribution in [2.24, 2.45) is 23.2 Å². The van der Waals surface area contributed by atoms with Crippen molar-refractivity contribution in [1.82, 2.24) is 9.97 Å². The van der Waals surface area contributed by atoms with Gasteiger partial charge in [-0.3, -0.25) is 14.6 Å². The molecular formula is C47H54N2O8. The number of pyridine rings is 1. The fraction of sp³-hybridized carbons (Fsp3) is 0.511. The Labute approximate surface area is 335 Å². The minimum atomic E-state index is -1.76. The van der Waals surface area contributed by atoms with Crippen LogP contribution < -0.4 is 0 Å². The SMILES string of the molecule is CC/C=C1\C2=C(C)C(=O)C[C@@]1(O)C#C/C=C\C#C[C@@H]2OC1OC(C)C(C)(C(=O)c2nccc3c2[nH]c2ccc(C)cc23)C(O)C1OC1CC(C)C(CC(C)C)CO1. The standard InChI is InChI=1S/C47H54N2O8/c1-9-14-34-39-29(6)36(50)24-47(34,53)19-13-11-10-12-15-37(39)56-45-42(57-38-23-28(5)31(25-54-38)21-26(2)3)44(52)46(8,30(7)55-45)43(51)41-40-32(18-20-48-41)33-22-27(4)16-17-35(33)49-40/h10-11,14,16-18,20,22,26,28,30-31,37-38,42,44-45,49,52-53H,9,21,23-25H2,1-8H3/b11-10-,34-14+/t28?,30?,31?,37-,38?,42?,44?,45?,46?,47-/m0/s1. The first kappa shape index (κ1) is 40.8. The maximum Gasteiger partial charge on any atom is 0.194 e. The van der Waals surface area contributed by atoms with E-state index in [0.29, 0.717) is 53.5 Å². The molecule has 0 amide bonds. The summed E-state index contributed by atoms with van der Waals surface area (Å²) in [7, 11) is 0. The summed E-state index contributed by atoms with van der Waals surface area (Å²) in [5.74, 6) is 12.2. The van der Waals surface area contributed by atoms with Gasteiger partial charge < -0.3 is 34.1 Å². The van der Waals surface area contributed by atoms with Crippen molar-refractivity contribution >= 4 is 33.4 Å². The normalized spacial score (nSPS) is 34.2. The van der Waals surface area contributed by atoms with Crippen molar-refractivity contribution in [2.75, 3.05) is 6.61 Å². The number of Topliss-reactive ketones (excluding diaryl/α,β-unsaturated/α-hetero) is 2. The third-order valence-electron chi connectivity index (χ3n) is 12.4. The van der Waals surface area contributed by atoms with Crippen molar-refractivity contribution in [1.29, 1.82) is 0 Å². The van der Waals surface area contributed by atoms with Crippen molar-refractivity contribution in [2.45, 2.75) is 124 Å². The van der Waals surface area contributed by atoms with Crippen molar-refractivity contribution in [3.8, 4) is 23.7 Å². The second-order valence-corrected chi connectivity index (χ2v) is 16.9. The van der Waals surface area contributed by atoms with Crippen LogP contribution in [0.1, 0.15) is 90.2 Å². The minimum absolute atomic E-state index is 0.178. The number of aromatic amines is 1. The molecule has 1 aromatic carbocycles. The Hall–Kier alpha value is -4.39. The first-order valence-electron chi connectivity index (χ1n) is 20.2. The number of aryl methyl sites for hydroxylation is 1. The van der Waals surface area contributed by atoms with E-state index in [1.807, 2.05) is 38.1 Å². The lowest BCUT2D eigenvalue weighted by Crippen LogP contribution is -2.65. The van der Waals surface area contributed by atoms with Gasteiger partial charge in [0.2, 0.25) is 0 Å². The summed E-state index contributed by atoms with van der Waals surface area (Å²) in [4.78, 5) is 36.5. The largest absolute Gasteiger partial charge is 0.389 e. The van der Waals surface area contributed by atoms with E-state index in [-0.39, 0.29) is 23.8 Å². The number of rotatable bonds is 9. The number of aromatic nitrogens is 2. The number of nitrogens with zero attached hydrogens (tertiary/aromatic N) is 1. The number of hydrogen-bond acceptors (Lipinski definition) is 9. The maximum absolute atomic E-state index is 15.0. The molecule has 4 aliphatic rings. The Balaban J connectivity index is 1.29. The van der Waals surface area contributed by atoms with Gasteiger partial charge in [-0.05, 0) is 99.8 Å². The fourth-order valence-electron chi connectivity index (χ4n) is 8.86. The summed E-state index contributed by atoms with van der Waals surface area (Å²) in [6.45, 7) is 16.1. The number of benzene rings is 1. The van der Waals surface area contributed by atoms with Crippen LogP contribution in [0.15, 0.2) is 65.4 Å². The highest BCUT2D eigenvalue weighted by Gasteiger charge is 2.59. The van der Waals surface area contributed by atoms with E-state index in [1.165, 1.54) is 6.08 Å².